The van der Waals surface area contributed by atoms with Crippen molar-refractivity contribution >= 4 is 5.97 Å². The molecule has 3 rings (SSSR count). The van der Waals surface area contributed by atoms with E-state index in [2.05, 4.69) is 35.2 Å². The molecule has 1 saturated carbocycles. The number of carbonyl (C=O) groups is 1. The fraction of sp³-hybridized carbons (Fsp3) is 0.562. The molecule has 0 bridgehead atoms. The molecule has 0 spiro atoms. The Kier molecular flexibility index (Phi) is 3.56. The first-order chi connectivity index (χ1) is 9.24. The lowest BCUT2D eigenvalue weighted by Gasteiger charge is -2.45. The van der Waals surface area contributed by atoms with Crippen LogP contribution < -0.4 is 0 Å². The van der Waals surface area contributed by atoms with Crippen molar-refractivity contribution in [2.75, 3.05) is 13.1 Å². The Hall–Kier alpha value is -1.35. The molecule has 2 aliphatic rings. The Balaban J connectivity index is 1.49. The maximum absolute atomic E-state index is 10.8. The number of carboxylic acids is 1. The molecule has 0 aromatic heterocycles. The summed E-state index contributed by atoms with van der Waals surface area (Å²) in [5, 5.41) is 8.91. The van der Waals surface area contributed by atoms with Gasteiger partial charge in [0.05, 0.1) is 5.92 Å². The molecule has 1 saturated heterocycles. The van der Waals surface area contributed by atoms with E-state index in [1.54, 1.807) is 0 Å². The van der Waals surface area contributed by atoms with Crippen LogP contribution in [0.15, 0.2) is 30.3 Å². The van der Waals surface area contributed by atoms with Gasteiger partial charge < -0.3 is 5.11 Å². The number of aliphatic carboxylic acids is 1. The molecule has 3 heteroatoms. The standard InChI is InChI=1S/C16H21NO2/c18-16(19)14-10-17(11-14)15-8-6-13(7-9-15)12-4-2-1-3-5-12/h1-5,13-15H,6-11H2,(H,18,19). The molecule has 0 atom stereocenters. The monoisotopic (exact) mass is 259 g/mol. The largest absolute Gasteiger partial charge is 0.481 e. The zero-order valence-corrected chi connectivity index (χ0v) is 11.2. The highest BCUT2D eigenvalue weighted by molar-refractivity contribution is 5.71. The predicted octanol–water partition coefficient (Wildman–Crippen LogP) is 2.73. The highest BCUT2D eigenvalue weighted by Gasteiger charge is 2.37. The highest BCUT2D eigenvalue weighted by atomic mass is 16.4. The van der Waals surface area contributed by atoms with E-state index in [1.807, 2.05) is 0 Å². The van der Waals surface area contributed by atoms with Crippen LogP contribution in [0.1, 0.15) is 37.2 Å². The van der Waals surface area contributed by atoms with Gasteiger partial charge in [-0.15, -0.1) is 0 Å². The molecule has 1 heterocycles. The fourth-order valence-electron chi connectivity index (χ4n) is 3.47. The van der Waals surface area contributed by atoms with E-state index in [0.717, 1.165) is 13.1 Å². The van der Waals surface area contributed by atoms with Crippen molar-refractivity contribution < 1.29 is 9.90 Å². The van der Waals surface area contributed by atoms with Gasteiger partial charge in [-0.05, 0) is 37.2 Å². The quantitative estimate of drug-likeness (QED) is 0.907. The van der Waals surface area contributed by atoms with Crippen molar-refractivity contribution in [3.8, 4) is 0 Å². The summed E-state index contributed by atoms with van der Waals surface area (Å²) in [5.74, 6) is -0.0462. The van der Waals surface area contributed by atoms with Crippen LogP contribution >= 0.6 is 0 Å². The molecule has 1 aromatic carbocycles. The molecule has 1 aliphatic heterocycles. The molecule has 0 unspecified atom stereocenters. The minimum Gasteiger partial charge on any atom is -0.481 e. The van der Waals surface area contributed by atoms with E-state index < -0.39 is 5.97 Å². The van der Waals surface area contributed by atoms with E-state index >= 15 is 0 Å². The third-order valence-corrected chi connectivity index (χ3v) is 4.74. The second-order valence-electron chi connectivity index (χ2n) is 5.91. The zero-order chi connectivity index (χ0) is 13.2. The van der Waals surface area contributed by atoms with Gasteiger partial charge in [0, 0.05) is 19.1 Å². The van der Waals surface area contributed by atoms with Gasteiger partial charge in [-0.25, -0.2) is 0 Å². The van der Waals surface area contributed by atoms with Crippen LogP contribution in [-0.4, -0.2) is 35.1 Å². The summed E-state index contributed by atoms with van der Waals surface area (Å²) >= 11 is 0. The lowest BCUT2D eigenvalue weighted by atomic mass is 9.80. The number of likely N-dealkylation sites (tertiary alicyclic amines) is 1. The van der Waals surface area contributed by atoms with Crippen molar-refractivity contribution in [2.24, 2.45) is 5.92 Å². The number of hydrogen-bond acceptors (Lipinski definition) is 2. The van der Waals surface area contributed by atoms with E-state index in [-0.39, 0.29) is 5.92 Å². The number of benzene rings is 1. The van der Waals surface area contributed by atoms with Crippen LogP contribution in [0.4, 0.5) is 0 Å². The zero-order valence-electron chi connectivity index (χ0n) is 11.2. The lowest BCUT2D eigenvalue weighted by molar-refractivity contribution is -0.149. The summed E-state index contributed by atoms with van der Waals surface area (Å²) in [7, 11) is 0. The van der Waals surface area contributed by atoms with Crippen LogP contribution in [0, 0.1) is 5.92 Å². The molecule has 19 heavy (non-hydrogen) atoms. The second-order valence-corrected chi connectivity index (χ2v) is 5.91. The van der Waals surface area contributed by atoms with Crippen LogP contribution in [0.3, 0.4) is 0 Å². The van der Waals surface area contributed by atoms with E-state index in [4.69, 9.17) is 5.11 Å². The number of rotatable bonds is 3. The van der Waals surface area contributed by atoms with E-state index in [9.17, 15) is 4.79 Å². The summed E-state index contributed by atoms with van der Waals surface area (Å²) < 4.78 is 0. The van der Waals surface area contributed by atoms with Crippen molar-refractivity contribution in [2.45, 2.75) is 37.6 Å². The third kappa shape index (κ3) is 2.66. The van der Waals surface area contributed by atoms with Gasteiger partial charge in [0.25, 0.3) is 0 Å². The van der Waals surface area contributed by atoms with Gasteiger partial charge in [0.2, 0.25) is 0 Å². The molecular weight excluding hydrogens is 238 g/mol. The van der Waals surface area contributed by atoms with Crippen molar-refractivity contribution in [3.05, 3.63) is 35.9 Å². The fourth-order valence-corrected chi connectivity index (χ4v) is 3.47. The smallest absolute Gasteiger partial charge is 0.309 e. The Morgan fingerprint density at radius 1 is 1.05 bits per heavy atom. The van der Waals surface area contributed by atoms with Gasteiger partial charge in [-0.1, -0.05) is 30.3 Å². The van der Waals surface area contributed by atoms with Crippen molar-refractivity contribution in [3.63, 3.8) is 0 Å². The van der Waals surface area contributed by atoms with E-state index in [0.29, 0.717) is 12.0 Å². The van der Waals surface area contributed by atoms with Gasteiger partial charge in [-0.2, -0.15) is 0 Å². The van der Waals surface area contributed by atoms with Crippen LogP contribution in [0.25, 0.3) is 0 Å². The maximum atomic E-state index is 10.8. The number of hydrogen-bond donors (Lipinski definition) is 1. The molecule has 1 N–H and O–H groups in total. The average molecular weight is 259 g/mol. The minimum absolute atomic E-state index is 0.119. The molecule has 1 aromatic rings. The van der Waals surface area contributed by atoms with Crippen LogP contribution in [0.2, 0.25) is 0 Å². The summed E-state index contributed by atoms with van der Waals surface area (Å²) in [5.41, 5.74) is 1.47. The summed E-state index contributed by atoms with van der Waals surface area (Å²) in [6.45, 7) is 1.52. The Morgan fingerprint density at radius 3 is 2.26 bits per heavy atom. The summed E-state index contributed by atoms with van der Waals surface area (Å²) in [4.78, 5) is 13.2. The van der Waals surface area contributed by atoms with Gasteiger partial charge in [0.1, 0.15) is 0 Å². The molecule has 102 valence electrons. The Morgan fingerprint density at radius 2 is 1.68 bits per heavy atom. The Labute approximate surface area is 114 Å². The van der Waals surface area contributed by atoms with Gasteiger partial charge in [-0.3, -0.25) is 9.69 Å². The maximum Gasteiger partial charge on any atom is 0.309 e. The predicted molar refractivity (Wildman–Crippen MR) is 74.1 cm³/mol. The number of carboxylic acid groups (broad SMARTS) is 1. The van der Waals surface area contributed by atoms with Crippen molar-refractivity contribution in [1.29, 1.82) is 0 Å². The molecule has 0 radical (unpaired) electrons. The second kappa shape index (κ2) is 5.33. The SMILES string of the molecule is O=C(O)C1CN(C2CCC(c3ccccc3)CC2)C1. The van der Waals surface area contributed by atoms with Crippen LogP contribution in [-0.2, 0) is 4.79 Å². The third-order valence-electron chi connectivity index (χ3n) is 4.74. The minimum atomic E-state index is -0.630. The lowest BCUT2D eigenvalue weighted by Crippen LogP contribution is -2.55. The molecular formula is C16H21NO2. The number of nitrogens with zero attached hydrogens (tertiary/aromatic N) is 1. The first kappa shape index (κ1) is 12.7. The van der Waals surface area contributed by atoms with Gasteiger partial charge in [0.15, 0.2) is 0 Å². The first-order valence-corrected chi connectivity index (χ1v) is 7.26. The average Bonchev–Trinajstić information content (AvgIpc) is 2.38. The summed E-state index contributed by atoms with van der Waals surface area (Å²) in [6, 6.07) is 11.4. The van der Waals surface area contributed by atoms with Crippen LogP contribution in [0.5, 0.6) is 0 Å². The molecule has 1 aliphatic carbocycles. The topological polar surface area (TPSA) is 40.5 Å². The Bertz CT molecular complexity index is 431. The van der Waals surface area contributed by atoms with Gasteiger partial charge >= 0.3 is 5.97 Å². The molecule has 3 nitrogen and oxygen atoms in total. The first-order valence-electron chi connectivity index (χ1n) is 7.26. The van der Waals surface area contributed by atoms with Crippen molar-refractivity contribution in [1.82, 2.24) is 4.90 Å². The highest BCUT2D eigenvalue weighted by Crippen LogP contribution is 2.36. The van der Waals surface area contributed by atoms with E-state index in [1.165, 1.54) is 31.2 Å². The molecule has 0 amide bonds. The molecule has 2 fully saturated rings. The normalized spacial score (nSPS) is 28.8. The summed E-state index contributed by atoms with van der Waals surface area (Å²) in [6.07, 6.45) is 4.91.